The Morgan fingerprint density at radius 1 is 1.54 bits per heavy atom. The first-order chi connectivity index (χ1) is 6.09. The summed E-state index contributed by atoms with van der Waals surface area (Å²) in [5, 5.41) is 8.60. The van der Waals surface area contributed by atoms with Crippen molar-refractivity contribution in [3.63, 3.8) is 0 Å². The average molecular weight is 183 g/mol. The molecule has 3 heteroatoms. The molecule has 0 aromatic rings. The van der Waals surface area contributed by atoms with Crippen molar-refractivity contribution in [2.75, 3.05) is 20.1 Å². The first kappa shape index (κ1) is 10.3. The maximum atomic E-state index is 10.4. The van der Waals surface area contributed by atoms with Crippen LogP contribution in [0.1, 0.15) is 19.3 Å². The van der Waals surface area contributed by atoms with Gasteiger partial charge in [0.05, 0.1) is 6.42 Å². The smallest absolute Gasteiger partial charge is 0.307 e. The van der Waals surface area contributed by atoms with E-state index in [9.17, 15) is 4.79 Å². The Labute approximate surface area is 79.0 Å². The number of likely N-dealkylation sites (tertiary alicyclic amines) is 1. The molecule has 74 valence electrons. The van der Waals surface area contributed by atoms with Gasteiger partial charge in [-0.3, -0.25) is 4.79 Å². The van der Waals surface area contributed by atoms with Gasteiger partial charge in [0.2, 0.25) is 0 Å². The van der Waals surface area contributed by atoms with Gasteiger partial charge in [-0.25, -0.2) is 0 Å². The van der Waals surface area contributed by atoms with E-state index in [4.69, 9.17) is 5.11 Å². The number of rotatable bonds is 3. The third-order valence-electron chi connectivity index (χ3n) is 2.67. The first-order valence-electron chi connectivity index (χ1n) is 4.67. The molecule has 0 aromatic carbocycles. The molecule has 0 radical (unpaired) electrons. The Hall–Kier alpha value is -0.830. The number of piperidine rings is 1. The van der Waals surface area contributed by atoms with Crippen LogP contribution in [0, 0.1) is 5.92 Å². The number of nitrogens with zero attached hydrogens (tertiary/aromatic N) is 1. The molecule has 1 aliphatic rings. The zero-order valence-corrected chi connectivity index (χ0v) is 8.12. The van der Waals surface area contributed by atoms with Crippen LogP contribution in [0.4, 0.5) is 0 Å². The molecule has 1 saturated heterocycles. The second kappa shape index (κ2) is 4.42. The fraction of sp³-hybridized carbons (Fsp3) is 0.700. The van der Waals surface area contributed by atoms with Gasteiger partial charge < -0.3 is 10.0 Å². The lowest BCUT2D eigenvalue weighted by Gasteiger charge is -2.29. The standard InChI is InChI=1S/C10H17NO2/c1-8(7-10(12)13)9-3-5-11(2)6-4-9/h9H,1,3-7H2,2H3,(H,12,13). The van der Waals surface area contributed by atoms with Gasteiger partial charge in [-0.1, -0.05) is 12.2 Å². The molecule has 0 bridgehead atoms. The van der Waals surface area contributed by atoms with E-state index in [0.29, 0.717) is 5.92 Å². The van der Waals surface area contributed by atoms with Crippen molar-refractivity contribution in [2.24, 2.45) is 5.92 Å². The summed E-state index contributed by atoms with van der Waals surface area (Å²) in [5.74, 6) is -0.337. The molecule has 1 heterocycles. The van der Waals surface area contributed by atoms with Crippen molar-refractivity contribution in [1.29, 1.82) is 0 Å². The van der Waals surface area contributed by atoms with Crippen LogP contribution in [0.2, 0.25) is 0 Å². The largest absolute Gasteiger partial charge is 0.481 e. The number of hydrogen-bond donors (Lipinski definition) is 1. The van der Waals surface area contributed by atoms with Crippen molar-refractivity contribution in [3.05, 3.63) is 12.2 Å². The van der Waals surface area contributed by atoms with Crippen molar-refractivity contribution < 1.29 is 9.90 Å². The van der Waals surface area contributed by atoms with E-state index in [2.05, 4.69) is 18.5 Å². The SMILES string of the molecule is C=C(CC(=O)O)C1CCN(C)CC1. The van der Waals surface area contributed by atoms with E-state index in [1.165, 1.54) is 0 Å². The number of aliphatic carboxylic acids is 1. The minimum atomic E-state index is -0.760. The van der Waals surface area contributed by atoms with Gasteiger partial charge in [-0.05, 0) is 38.9 Å². The molecule has 0 saturated carbocycles. The van der Waals surface area contributed by atoms with E-state index < -0.39 is 5.97 Å². The number of carboxylic acids is 1. The molecule has 0 spiro atoms. The molecular formula is C10H17NO2. The summed E-state index contributed by atoms with van der Waals surface area (Å²) < 4.78 is 0. The van der Waals surface area contributed by atoms with Gasteiger partial charge in [0, 0.05) is 0 Å². The molecule has 1 fully saturated rings. The van der Waals surface area contributed by atoms with Crippen LogP contribution in [0.15, 0.2) is 12.2 Å². The Kier molecular flexibility index (Phi) is 3.48. The lowest BCUT2D eigenvalue weighted by atomic mass is 9.88. The van der Waals surface area contributed by atoms with E-state index in [1.54, 1.807) is 0 Å². The molecule has 13 heavy (non-hydrogen) atoms. The fourth-order valence-corrected chi connectivity index (χ4v) is 1.76. The van der Waals surface area contributed by atoms with Gasteiger partial charge in [-0.2, -0.15) is 0 Å². The normalized spacial score (nSPS) is 20.1. The maximum Gasteiger partial charge on any atom is 0.307 e. The maximum absolute atomic E-state index is 10.4. The fourth-order valence-electron chi connectivity index (χ4n) is 1.76. The van der Waals surface area contributed by atoms with Crippen LogP contribution >= 0.6 is 0 Å². The van der Waals surface area contributed by atoms with Crippen molar-refractivity contribution >= 4 is 5.97 Å². The van der Waals surface area contributed by atoms with Crippen LogP contribution in [-0.2, 0) is 4.79 Å². The van der Waals surface area contributed by atoms with E-state index >= 15 is 0 Å². The topological polar surface area (TPSA) is 40.5 Å². The average Bonchev–Trinajstić information content (AvgIpc) is 2.04. The molecule has 1 N–H and O–H groups in total. The number of hydrogen-bond acceptors (Lipinski definition) is 2. The van der Waals surface area contributed by atoms with Gasteiger partial charge in [-0.15, -0.1) is 0 Å². The van der Waals surface area contributed by atoms with Crippen molar-refractivity contribution in [3.8, 4) is 0 Å². The lowest BCUT2D eigenvalue weighted by molar-refractivity contribution is -0.136. The van der Waals surface area contributed by atoms with Gasteiger partial charge in [0.1, 0.15) is 0 Å². The summed E-state index contributed by atoms with van der Waals surface area (Å²) in [6.07, 6.45) is 2.25. The van der Waals surface area contributed by atoms with E-state index in [1.807, 2.05) is 0 Å². The summed E-state index contributed by atoms with van der Waals surface area (Å²) in [5.41, 5.74) is 0.889. The minimum Gasteiger partial charge on any atom is -0.481 e. The predicted octanol–water partition coefficient (Wildman–Crippen LogP) is 1.36. The highest BCUT2D eigenvalue weighted by Gasteiger charge is 2.20. The van der Waals surface area contributed by atoms with Crippen LogP contribution in [0.3, 0.4) is 0 Å². The highest BCUT2D eigenvalue weighted by molar-refractivity contribution is 5.69. The Morgan fingerprint density at radius 3 is 2.54 bits per heavy atom. The lowest BCUT2D eigenvalue weighted by Crippen LogP contribution is -2.31. The monoisotopic (exact) mass is 183 g/mol. The highest BCUT2D eigenvalue weighted by Crippen LogP contribution is 2.24. The van der Waals surface area contributed by atoms with Crippen LogP contribution in [-0.4, -0.2) is 36.1 Å². The second-order valence-corrected chi connectivity index (χ2v) is 3.81. The highest BCUT2D eigenvalue weighted by atomic mass is 16.4. The van der Waals surface area contributed by atoms with Crippen LogP contribution in [0.25, 0.3) is 0 Å². The molecule has 3 nitrogen and oxygen atoms in total. The molecule has 1 aliphatic heterocycles. The second-order valence-electron chi connectivity index (χ2n) is 3.81. The van der Waals surface area contributed by atoms with Gasteiger partial charge in [0.25, 0.3) is 0 Å². The minimum absolute atomic E-state index is 0.133. The van der Waals surface area contributed by atoms with E-state index in [0.717, 1.165) is 31.5 Å². The summed E-state index contributed by atoms with van der Waals surface area (Å²) in [7, 11) is 2.09. The van der Waals surface area contributed by atoms with Crippen molar-refractivity contribution in [2.45, 2.75) is 19.3 Å². The quantitative estimate of drug-likeness (QED) is 0.672. The third-order valence-corrected chi connectivity index (χ3v) is 2.67. The molecule has 0 atom stereocenters. The molecular weight excluding hydrogens is 166 g/mol. The summed E-state index contributed by atoms with van der Waals surface area (Å²) in [6.45, 7) is 5.96. The molecule has 0 aromatic heterocycles. The summed E-state index contributed by atoms with van der Waals surface area (Å²) >= 11 is 0. The van der Waals surface area contributed by atoms with Crippen LogP contribution in [0.5, 0.6) is 0 Å². The zero-order chi connectivity index (χ0) is 9.84. The molecule has 1 rings (SSSR count). The van der Waals surface area contributed by atoms with Crippen LogP contribution < -0.4 is 0 Å². The Morgan fingerprint density at radius 2 is 2.08 bits per heavy atom. The van der Waals surface area contributed by atoms with E-state index in [-0.39, 0.29) is 6.42 Å². The van der Waals surface area contributed by atoms with Gasteiger partial charge >= 0.3 is 5.97 Å². The third kappa shape index (κ3) is 3.19. The number of carbonyl (C=O) groups is 1. The Bertz CT molecular complexity index is 205. The number of carboxylic acid groups (broad SMARTS) is 1. The summed E-state index contributed by atoms with van der Waals surface area (Å²) in [6, 6.07) is 0. The first-order valence-corrected chi connectivity index (χ1v) is 4.67. The van der Waals surface area contributed by atoms with Crippen molar-refractivity contribution in [1.82, 2.24) is 4.90 Å². The van der Waals surface area contributed by atoms with Gasteiger partial charge in [0.15, 0.2) is 0 Å². The molecule has 0 aliphatic carbocycles. The molecule has 0 amide bonds. The predicted molar refractivity (Wildman–Crippen MR) is 51.6 cm³/mol. The Balaban J connectivity index is 2.36. The summed E-state index contributed by atoms with van der Waals surface area (Å²) in [4.78, 5) is 12.7. The zero-order valence-electron chi connectivity index (χ0n) is 8.12. The molecule has 0 unspecified atom stereocenters.